The summed E-state index contributed by atoms with van der Waals surface area (Å²) in [5.74, 6) is 0. The van der Waals surface area contributed by atoms with Crippen LogP contribution in [0.2, 0.25) is 5.15 Å². The molecule has 0 fully saturated rings. The molecule has 2 aromatic rings. The SMILES string of the molecule is CNCc1c(Cl)[nH]c2ccccc12. The number of hydrogen-bond acceptors (Lipinski definition) is 1. The van der Waals surface area contributed by atoms with Crippen molar-refractivity contribution in [3.8, 4) is 0 Å². The van der Waals surface area contributed by atoms with E-state index < -0.39 is 0 Å². The number of H-pyrrole nitrogens is 1. The number of benzene rings is 1. The maximum atomic E-state index is 6.05. The van der Waals surface area contributed by atoms with Gasteiger partial charge in [-0.25, -0.2) is 0 Å². The summed E-state index contributed by atoms with van der Waals surface area (Å²) in [6.45, 7) is 0.794. The van der Waals surface area contributed by atoms with Gasteiger partial charge in [-0.2, -0.15) is 0 Å². The van der Waals surface area contributed by atoms with Crippen LogP contribution in [0.1, 0.15) is 5.56 Å². The van der Waals surface area contributed by atoms with E-state index in [1.54, 1.807) is 0 Å². The molecule has 0 saturated carbocycles. The fourth-order valence-electron chi connectivity index (χ4n) is 1.52. The molecule has 0 aliphatic heterocycles. The van der Waals surface area contributed by atoms with Crippen LogP contribution in [-0.4, -0.2) is 12.0 Å². The highest BCUT2D eigenvalue weighted by Gasteiger charge is 2.07. The standard InChI is InChI=1S/C10H11ClN2/c1-12-6-8-7-4-2-3-5-9(7)13-10(8)11/h2-5,12-13H,6H2,1H3. The monoisotopic (exact) mass is 194 g/mol. The average molecular weight is 195 g/mol. The summed E-state index contributed by atoms with van der Waals surface area (Å²) in [5.41, 5.74) is 2.23. The van der Waals surface area contributed by atoms with Crippen LogP contribution in [0.4, 0.5) is 0 Å². The maximum absolute atomic E-state index is 6.05. The fourth-order valence-corrected chi connectivity index (χ4v) is 1.79. The van der Waals surface area contributed by atoms with Gasteiger partial charge in [0.2, 0.25) is 0 Å². The molecule has 1 heterocycles. The summed E-state index contributed by atoms with van der Waals surface area (Å²) in [6.07, 6.45) is 0. The van der Waals surface area contributed by atoms with Crippen LogP contribution in [0.15, 0.2) is 24.3 Å². The lowest BCUT2D eigenvalue weighted by Crippen LogP contribution is -2.04. The van der Waals surface area contributed by atoms with E-state index in [0.29, 0.717) is 0 Å². The Kier molecular flexibility index (Phi) is 2.25. The molecule has 13 heavy (non-hydrogen) atoms. The molecule has 2 nitrogen and oxygen atoms in total. The Morgan fingerprint density at radius 2 is 2.15 bits per heavy atom. The highest BCUT2D eigenvalue weighted by atomic mass is 35.5. The Morgan fingerprint density at radius 3 is 2.92 bits per heavy atom. The molecule has 68 valence electrons. The summed E-state index contributed by atoms with van der Waals surface area (Å²) in [6, 6.07) is 8.12. The first-order valence-corrected chi connectivity index (χ1v) is 4.60. The minimum Gasteiger partial charge on any atom is -0.345 e. The van der Waals surface area contributed by atoms with Crippen molar-refractivity contribution in [2.75, 3.05) is 7.05 Å². The third kappa shape index (κ3) is 1.43. The molecule has 0 amide bonds. The minimum atomic E-state index is 0.732. The van der Waals surface area contributed by atoms with Gasteiger partial charge >= 0.3 is 0 Å². The number of rotatable bonds is 2. The number of hydrogen-bond donors (Lipinski definition) is 2. The summed E-state index contributed by atoms with van der Waals surface area (Å²) in [7, 11) is 1.91. The Morgan fingerprint density at radius 1 is 1.38 bits per heavy atom. The Balaban J connectivity index is 2.64. The van der Waals surface area contributed by atoms with Gasteiger partial charge in [-0.05, 0) is 13.1 Å². The van der Waals surface area contributed by atoms with Crippen molar-refractivity contribution in [1.82, 2.24) is 10.3 Å². The third-order valence-electron chi connectivity index (χ3n) is 2.12. The predicted molar refractivity (Wildman–Crippen MR) is 56.1 cm³/mol. The van der Waals surface area contributed by atoms with Crippen molar-refractivity contribution in [3.63, 3.8) is 0 Å². The molecular formula is C10H11ClN2. The molecule has 0 bridgehead atoms. The first kappa shape index (κ1) is 8.60. The highest BCUT2D eigenvalue weighted by molar-refractivity contribution is 6.31. The first-order chi connectivity index (χ1) is 6.33. The van der Waals surface area contributed by atoms with Gasteiger partial charge in [0.25, 0.3) is 0 Å². The van der Waals surface area contributed by atoms with Gasteiger partial charge in [-0.15, -0.1) is 0 Å². The van der Waals surface area contributed by atoms with Crippen molar-refractivity contribution in [3.05, 3.63) is 35.0 Å². The lowest BCUT2D eigenvalue weighted by Gasteiger charge is -1.97. The van der Waals surface area contributed by atoms with Crippen LogP contribution in [0.25, 0.3) is 10.9 Å². The summed E-state index contributed by atoms with van der Waals surface area (Å²) in [5, 5.41) is 5.03. The molecule has 0 atom stereocenters. The summed E-state index contributed by atoms with van der Waals surface area (Å²) < 4.78 is 0. The van der Waals surface area contributed by atoms with Gasteiger partial charge in [0.1, 0.15) is 5.15 Å². The van der Waals surface area contributed by atoms with Crippen molar-refractivity contribution in [2.24, 2.45) is 0 Å². The predicted octanol–water partition coefficient (Wildman–Crippen LogP) is 2.54. The molecule has 0 spiro atoms. The highest BCUT2D eigenvalue weighted by Crippen LogP contribution is 2.25. The lowest BCUT2D eigenvalue weighted by atomic mass is 10.2. The van der Waals surface area contributed by atoms with Crippen LogP contribution < -0.4 is 5.32 Å². The van der Waals surface area contributed by atoms with E-state index >= 15 is 0 Å². The lowest BCUT2D eigenvalue weighted by molar-refractivity contribution is 0.823. The van der Waals surface area contributed by atoms with Crippen molar-refractivity contribution >= 4 is 22.5 Å². The summed E-state index contributed by atoms with van der Waals surface area (Å²) >= 11 is 6.05. The number of halogens is 1. The number of fused-ring (bicyclic) bond motifs is 1. The second-order valence-electron chi connectivity index (χ2n) is 2.99. The van der Waals surface area contributed by atoms with Crippen molar-refractivity contribution in [2.45, 2.75) is 6.54 Å². The van der Waals surface area contributed by atoms with Crippen LogP contribution in [0.5, 0.6) is 0 Å². The van der Waals surface area contributed by atoms with Crippen LogP contribution in [0.3, 0.4) is 0 Å². The molecule has 1 aromatic heterocycles. The van der Waals surface area contributed by atoms with E-state index in [1.807, 2.05) is 25.2 Å². The molecule has 0 unspecified atom stereocenters. The average Bonchev–Trinajstić information content (AvgIpc) is 2.44. The second-order valence-corrected chi connectivity index (χ2v) is 3.37. The largest absolute Gasteiger partial charge is 0.345 e. The first-order valence-electron chi connectivity index (χ1n) is 4.22. The Bertz CT molecular complexity index is 420. The van der Waals surface area contributed by atoms with E-state index in [4.69, 9.17) is 11.6 Å². The minimum absolute atomic E-state index is 0.732. The van der Waals surface area contributed by atoms with E-state index in [-0.39, 0.29) is 0 Å². The molecular weight excluding hydrogens is 184 g/mol. The molecule has 3 heteroatoms. The quantitative estimate of drug-likeness (QED) is 0.756. The van der Waals surface area contributed by atoms with Crippen LogP contribution in [-0.2, 0) is 6.54 Å². The normalized spacial score (nSPS) is 10.9. The topological polar surface area (TPSA) is 27.8 Å². The maximum Gasteiger partial charge on any atom is 0.111 e. The molecule has 1 aromatic carbocycles. The van der Waals surface area contributed by atoms with Crippen LogP contribution >= 0.6 is 11.6 Å². The zero-order chi connectivity index (χ0) is 9.26. The van der Waals surface area contributed by atoms with E-state index in [2.05, 4.69) is 16.4 Å². The van der Waals surface area contributed by atoms with Gasteiger partial charge in [0, 0.05) is 23.0 Å². The molecule has 2 N–H and O–H groups in total. The van der Waals surface area contributed by atoms with Crippen molar-refractivity contribution < 1.29 is 0 Å². The zero-order valence-corrected chi connectivity index (χ0v) is 8.15. The van der Waals surface area contributed by atoms with Gasteiger partial charge in [0.05, 0.1) is 0 Å². The number of nitrogens with one attached hydrogen (secondary N) is 2. The van der Waals surface area contributed by atoms with Gasteiger partial charge in [0.15, 0.2) is 0 Å². The fraction of sp³-hybridized carbons (Fsp3) is 0.200. The molecule has 0 radical (unpaired) electrons. The van der Waals surface area contributed by atoms with Gasteiger partial charge in [-0.3, -0.25) is 0 Å². The zero-order valence-electron chi connectivity index (χ0n) is 7.39. The van der Waals surface area contributed by atoms with Gasteiger partial charge < -0.3 is 10.3 Å². The van der Waals surface area contributed by atoms with E-state index in [1.165, 1.54) is 5.39 Å². The smallest absolute Gasteiger partial charge is 0.111 e. The third-order valence-corrected chi connectivity index (χ3v) is 2.44. The number of aromatic nitrogens is 1. The van der Waals surface area contributed by atoms with Crippen molar-refractivity contribution in [1.29, 1.82) is 0 Å². The van der Waals surface area contributed by atoms with E-state index in [9.17, 15) is 0 Å². The second kappa shape index (κ2) is 3.40. The molecule has 0 saturated heterocycles. The van der Waals surface area contributed by atoms with Gasteiger partial charge in [-0.1, -0.05) is 29.8 Å². The molecule has 0 aliphatic rings. The summed E-state index contributed by atoms with van der Waals surface area (Å²) in [4.78, 5) is 3.14. The molecule has 0 aliphatic carbocycles. The number of aromatic amines is 1. The Hall–Kier alpha value is -0.990. The van der Waals surface area contributed by atoms with Crippen LogP contribution in [0, 0.1) is 0 Å². The molecule has 2 rings (SSSR count). The number of para-hydroxylation sites is 1. The Labute approximate surface area is 81.9 Å². The van der Waals surface area contributed by atoms with E-state index in [0.717, 1.165) is 22.8 Å².